The highest BCUT2D eigenvalue weighted by molar-refractivity contribution is 7.09. The second-order valence-corrected chi connectivity index (χ2v) is 4.53. The Morgan fingerprint density at radius 3 is 2.94 bits per heavy atom. The Hall–Kier alpha value is -1.20. The molecule has 0 radical (unpaired) electrons. The summed E-state index contributed by atoms with van der Waals surface area (Å²) in [7, 11) is 1.40. The average Bonchev–Trinajstić information content (AvgIpc) is 2.74. The third kappa shape index (κ3) is 4.66. The summed E-state index contributed by atoms with van der Waals surface area (Å²) in [6.07, 6.45) is 2.55. The molecule has 4 nitrogen and oxygen atoms in total. The third-order valence-electron chi connectivity index (χ3n) is 2.26. The molecule has 0 saturated heterocycles. The quantitative estimate of drug-likeness (QED) is 0.479. The van der Waals surface area contributed by atoms with Gasteiger partial charge in [0.1, 0.15) is 5.01 Å². The van der Waals surface area contributed by atoms with Gasteiger partial charge in [-0.1, -0.05) is 13.0 Å². The molecule has 1 heterocycles. The standard InChI is InChI=1S/C12H18N2O2S/c1-4-10(12(15)16-3)5-6-13-7-11-14-9(2)8-17-11/h5,8,13H,4,6-7H2,1-3H3. The number of esters is 1. The van der Waals surface area contributed by atoms with E-state index in [-0.39, 0.29) is 5.97 Å². The number of hydrogen-bond donors (Lipinski definition) is 1. The molecule has 1 aromatic heterocycles. The molecule has 0 fully saturated rings. The van der Waals surface area contributed by atoms with E-state index in [9.17, 15) is 4.79 Å². The van der Waals surface area contributed by atoms with E-state index in [1.54, 1.807) is 11.3 Å². The van der Waals surface area contributed by atoms with Gasteiger partial charge in [-0.3, -0.25) is 0 Å². The topological polar surface area (TPSA) is 51.2 Å². The fraction of sp³-hybridized carbons (Fsp3) is 0.500. The molecule has 0 aliphatic rings. The molecule has 1 rings (SSSR count). The molecular weight excluding hydrogens is 236 g/mol. The molecule has 5 heteroatoms. The first-order valence-corrected chi connectivity index (χ1v) is 6.44. The van der Waals surface area contributed by atoms with Crippen LogP contribution in [-0.4, -0.2) is 24.6 Å². The normalized spacial score (nSPS) is 11.6. The van der Waals surface area contributed by atoms with Crippen molar-refractivity contribution in [2.75, 3.05) is 13.7 Å². The van der Waals surface area contributed by atoms with Gasteiger partial charge in [0.2, 0.25) is 0 Å². The Bertz CT molecular complexity index is 399. The van der Waals surface area contributed by atoms with Gasteiger partial charge in [-0.25, -0.2) is 9.78 Å². The lowest BCUT2D eigenvalue weighted by Gasteiger charge is -2.02. The van der Waals surface area contributed by atoms with Gasteiger partial charge in [0.15, 0.2) is 0 Å². The maximum atomic E-state index is 11.3. The van der Waals surface area contributed by atoms with Gasteiger partial charge in [0.25, 0.3) is 0 Å². The summed E-state index contributed by atoms with van der Waals surface area (Å²) in [4.78, 5) is 15.6. The number of aryl methyl sites for hydroxylation is 1. The first-order valence-electron chi connectivity index (χ1n) is 5.56. The molecule has 0 saturated carbocycles. The molecule has 1 N–H and O–H groups in total. The number of nitrogens with one attached hydrogen (secondary N) is 1. The lowest BCUT2D eigenvalue weighted by molar-refractivity contribution is -0.136. The molecule has 0 aliphatic carbocycles. The first-order chi connectivity index (χ1) is 8.17. The van der Waals surface area contributed by atoms with E-state index in [0.717, 1.165) is 17.2 Å². The first kappa shape index (κ1) is 13.9. The summed E-state index contributed by atoms with van der Waals surface area (Å²) in [5, 5.41) is 6.31. The zero-order valence-corrected chi connectivity index (χ0v) is 11.3. The van der Waals surface area contributed by atoms with Gasteiger partial charge in [0, 0.05) is 29.7 Å². The van der Waals surface area contributed by atoms with Gasteiger partial charge in [-0.05, 0) is 13.3 Å². The maximum absolute atomic E-state index is 11.3. The molecule has 17 heavy (non-hydrogen) atoms. The molecule has 0 amide bonds. The van der Waals surface area contributed by atoms with E-state index in [2.05, 4.69) is 15.0 Å². The van der Waals surface area contributed by atoms with Crippen LogP contribution in [0.4, 0.5) is 0 Å². The van der Waals surface area contributed by atoms with E-state index in [1.165, 1.54) is 7.11 Å². The number of aromatic nitrogens is 1. The SMILES string of the molecule is CCC(=CCNCc1nc(C)cs1)C(=O)OC. The van der Waals surface area contributed by atoms with Crippen LogP contribution in [0.2, 0.25) is 0 Å². The molecule has 0 bridgehead atoms. The second-order valence-electron chi connectivity index (χ2n) is 3.59. The van der Waals surface area contributed by atoms with Crippen molar-refractivity contribution in [1.82, 2.24) is 10.3 Å². The minimum absolute atomic E-state index is 0.251. The third-order valence-corrected chi connectivity index (χ3v) is 3.23. The Kier molecular flexibility index (Phi) is 5.86. The van der Waals surface area contributed by atoms with Crippen LogP contribution >= 0.6 is 11.3 Å². The zero-order chi connectivity index (χ0) is 12.7. The number of carbonyl (C=O) groups excluding carboxylic acids is 1. The Morgan fingerprint density at radius 1 is 1.65 bits per heavy atom. The molecule has 0 aromatic carbocycles. The Morgan fingerprint density at radius 2 is 2.41 bits per heavy atom. The lowest BCUT2D eigenvalue weighted by atomic mass is 10.2. The molecule has 0 atom stereocenters. The van der Waals surface area contributed by atoms with Gasteiger partial charge in [-0.15, -0.1) is 11.3 Å². The molecule has 94 valence electrons. The fourth-order valence-electron chi connectivity index (χ4n) is 1.36. The molecule has 0 spiro atoms. The van der Waals surface area contributed by atoms with Crippen LogP contribution in [0.5, 0.6) is 0 Å². The molecule has 0 aliphatic heterocycles. The number of carbonyl (C=O) groups is 1. The van der Waals surface area contributed by atoms with Crippen molar-refractivity contribution in [2.45, 2.75) is 26.8 Å². The largest absolute Gasteiger partial charge is 0.466 e. The van der Waals surface area contributed by atoms with Crippen molar-refractivity contribution in [3.8, 4) is 0 Å². The maximum Gasteiger partial charge on any atom is 0.333 e. The van der Waals surface area contributed by atoms with Crippen LogP contribution in [0.25, 0.3) is 0 Å². The van der Waals surface area contributed by atoms with Crippen molar-refractivity contribution in [1.29, 1.82) is 0 Å². The molecular formula is C12H18N2O2S. The fourth-order valence-corrected chi connectivity index (χ4v) is 2.10. The number of hydrogen-bond acceptors (Lipinski definition) is 5. The predicted molar refractivity (Wildman–Crippen MR) is 68.9 cm³/mol. The summed E-state index contributed by atoms with van der Waals surface area (Å²) < 4.78 is 4.68. The van der Waals surface area contributed by atoms with Gasteiger partial charge >= 0.3 is 5.97 Å². The van der Waals surface area contributed by atoms with E-state index in [1.807, 2.05) is 25.3 Å². The minimum atomic E-state index is -0.251. The van der Waals surface area contributed by atoms with E-state index >= 15 is 0 Å². The summed E-state index contributed by atoms with van der Waals surface area (Å²) in [6.45, 7) is 5.29. The summed E-state index contributed by atoms with van der Waals surface area (Å²) in [5.41, 5.74) is 1.75. The number of methoxy groups -OCH3 is 1. The number of rotatable bonds is 6. The summed E-state index contributed by atoms with van der Waals surface area (Å²) in [5.74, 6) is -0.251. The predicted octanol–water partition coefficient (Wildman–Crippen LogP) is 2.05. The van der Waals surface area contributed by atoms with Crippen molar-refractivity contribution >= 4 is 17.3 Å². The zero-order valence-electron chi connectivity index (χ0n) is 10.4. The second kappa shape index (κ2) is 7.19. The van der Waals surface area contributed by atoms with Crippen LogP contribution in [0.15, 0.2) is 17.0 Å². The van der Waals surface area contributed by atoms with Gasteiger partial charge in [0.05, 0.1) is 7.11 Å². The van der Waals surface area contributed by atoms with Gasteiger partial charge in [-0.2, -0.15) is 0 Å². The van der Waals surface area contributed by atoms with E-state index < -0.39 is 0 Å². The van der Waals surface area contributed by atoms with Crippen LogP contribution in [-0.2, 0) is 16.1 Å². The van der Waals surface area contributed by atoms with Crippen LogP contribution in [0, 0.1) is 6.92 Å². The summed E-state index contributed by atoms with van der Waals surface area (Å²) in [6, 6.07) is 0. The van der Waals surface area contributed by atoms with E-state index in [4.69, 9.17) is 0 Å². The van der Waals surface area contributed by atoms with E-state index in [0.29, 0.717) is 18.5 Å². The van der Waals surface area contributed by atoms with Crippen molar-refractivity contribution in [3.05, 3.63) is 27.7 Å². The number of ether oxygens (including phenoxy) is 1. The number of nitrogens with zero attached hydrogens (tertiary/aromatic N) is 1. The monoisotopic (exact) mass is 254 g/mol. The van der Waals surface area contributed by atoms with Crippen LogP contribution in [0.3, 0.4) is 0 Å². The lowest BCUT2D eigenvalue weighted by Crippen LogP contribution is -2.15. The molecule has 0 unspecified atom stereocenters. The van der Waals surface area contributed by atoms with Crippen molar-refractivity contribution < 1.29 is 9.53 Å². The smallest absolute Gasteiger partial charge is 0.333 e. The highest BCUT2D eigenvalue weighted by Gasteiger charge is 2.05. The Balaban J connectivity index is 2.35. The highest BCUT2D eigenvalue weighted by atomic mass is 32.1. The minimum Gasteiger partial charge on any atom is -0.466 e. The Labute approximate surface area is 106 Å². The average molecular weight is 254 g/mol. The van der Waals surface area contributed by atoms with Gasteiger partial charge < -0.3 is 10.1 Å². The van der Waals surface area contributed by atoms with Crippen molar-refractivity contribution in [3.63, 3.8) is 0 Å². The number of thiazole rings is 1. The van der Waals surface area contributed by atoms with Crippen LogP contribution < -0.4 is 5.32 Å². The molecule has 1 aromatic rings. The van der Waals surface area contributed by atoms with Crippen LogP contribution in [0.1, 0.15) is 24.0 Å². The highest BCUT2D eigenvalue weighted by Crippen LogP contribution is 2.08. The summed E-state index contributed by atoms with van der Waals surface area (Å²) >= 11 is 1.64. The van der Waals surface area contributed by atoms with Crippen molar-refractivity contribution in [2.24, 2.45) is 0 Å².